The summed E-state index contributed by atoms with van der Waals surface area (Å²) >= 11 is 0. The van der Waals surface area contributed by atoms with Gasteiger partial charge in [0.15, 0.2) is 0 Å². The van der Waals surface area contributed by atoms with E-state index in [1.807, 2.05) is 20.8 Å². The number of carbonyl (C=O) groups excluding carboxylic acids is 1. The molecule has 1 saturated heterocycles. The van der Waals surface area contributed by atoms with E-state index in [-0.39, 0.29) is 6.09 Å². The van der Waals surface area contributed by atoms with Crippen molar-refractivity contribution < 1.29 is 9.53 Å². The molecule has 1 aliphatic heterocycles. The zero-order valence-corrected chi connectivity index (χ0v) is 13.3. The highest BCUT2D eigenvalue weighted by atomic mass is 16.6. The van der Waals surface area contributed by atoms with Gasteiger partial charge in [0.1, 0.15) is 11.4 Å². The van der Waals surface area contributed by atoms with Crippen molar-refractivity contribution in [1.82, 2.24) is 10.3 Å². The normalized spacial score (nSPS) is 17.9. The molecule has 1 amide bonds. The Morgan fingerprint density at radius 1 is 1.59 bits per heavy atom. The van der Waals surface area contributed by atoms with Crippen LogP contribution in [0.4, 0.5) is 10.6 Å². The molecule has 1 atom stereocenters. The lowest BCUT2D eigenvalue weighted by atomic mass is 10.1. The predicted octanol–water partition coefficient (Wildman–Crippen LogP) is 2.30. The maximum absolute atomic E-state index is 11.7. The fourth-order valence-electron chi connectivity index (χ4n) is 2.41. The van der Waals surface area contributed by atoms with E-state index in [0.29, 0.717) is 18.0 Å². The van der Waals surface area contributed by atoms with Crippen LogP contribution in [0.2, 0.25) is 0 Å². The first-order chi connectivity index (χ1) is 10.4. The molecule has 22 heavy (non-hydrogen) atoms. The molecular formula is C16H22N4O2. The van der Waals surface area contributed by atoms with Crippen molar-refractivity contribution in [2.75, 3.05) is 24.5 Å². The van der Waals surface area contributed by atoms with E-state index >= 15 is 0 Å². The molecule has 1 N–H and O–H groups in total. The van der Waals surface area contributed by atoms with Crippen molar-refractivity contribution in [2.45, 2.75) is 32.8 Å². The third-order valence-electron chi connectivity index (χ3n) is 3.42. The van der Waals surface area contributed by atoms with E-state index in [1.54, 1.807) is 18.3 Å². The van der Waals surface area contributed by atoms with Crippen LogP contribution >= 0.6 is 0 Å². The molecule has 0 bridgehead atoms. The predicted molar refractivity (Wildman–Crippen MR) is 83.5 cm³/mol. The summed E-state index contributed by atoms with van der Waals surface area (Å²) in [6.45, 7) is 7.82. The monoisotopic (exact) mass is 302 g/mol. The highest BCUT2D eigenvalue weighted by molar-refractivity contribution is 5.67. The summed E-state index contributed by atoms with van der Waals surface area (Å²) in [4.78, 5) is 18.1. The molecule has 0 unspecified atom stereocenters. The first kappa shape index (κ1) is 16.1. The third kappa shape index (κ3) is 4.62. The van der Waals surface area contributed by atoms with Crippen molar-refractivity contribution in [3.63, 3.8) is 0 Å². The molecule has 1 aromatic rings. The third-order valence-corrected chi connectivity index (χ3v) is 3.42. The summed E-state index contributed by atoms with van der Waals surface area (Å²) in [6.07, 6.45) is 2.25. The largest absolute Gasteiger partial charge is 0.444 e. The zero-order chi connectivity index (χ0) is 16.2. The molecule has 6 heteroatoms. The number of hydrogen-bond donors (Lipinski definition) is 1. The van der Waals surface area contributed by atoms with Crippen LogP contribution in [0.5, 0.6) is 0 Å². The molecule has 0 aromatic carbocycles. The van der Waals surface area contributed by atoms with Crippen LogP contribution in [-0.2, 0) is 4.74 Å². The number of alkyl carbamates (subject to hydrolysis) is 1. The summed E-state index contributed by atoms with van der Waals surface area (Å²) in [7, 11) is 0. The Kier molecular flexibility index (Phi) is 4.86. The quantitative estimate of drug-likeness (QED) is 0.927. The first-order valence-corrected chi connectivity index (χ1v) is 7.45. The number of nitriles is 1. The van der Waals surface area contributed by atoms with Crippen molar-refractivity contribution in [2.24, 2.45) is 5.92 Å². The van der Waals surface area contributed by atoms with Crippen molar-refractivity contribution >= 4 is 11.9 Å². The number of amides is 1. The number of rotatable bonds is 3. The summed E-state index contributed by atoms with van der Waals surface area (Å²) < 4.78 is 5.23. The lowest BCUT2D eigenvalue weighted by molar-refractivity contribution is 0.0520. The first-order valence-electron chi connectivity index (χ1n) is 7.45. The fraction of sp³-hybridized carbons (Fsp3) is 0.562. The van der Waals surface area contributed by atoms with Crippen LogP contribution in [0.1, 0.15) is 32.8 Å². The van der Waals surface area contributed by atoms with Gasteiger partial charge in [-0.3, -0.25) is 0 Å². The van der Waals surface area contributed by atoms with Gasteiger partial charge in [0.25, 0.3) is 0 Å². The van der Waals surface area contributed by atoms with Crippen molar-refractivity contribution in [1.29, 1.82) is 5.26 Å². The van der Waals surface area contributed by atoms with E-state index in [1.165, 1.54) is 0 Å². The SMILES string of the molecule is CC(C)(C)OC(=O)NC[C@H]1CCN(c2cc(C#N)ccn2)C1. The smallest absolute Gasteiger partial charge is 0.407 e. The molecule has 6 nitrogen and oxygen atoms in total. The summed E-state index contributed by atoms with van der Waals surface area (Å²) in [6, 6.07) is 5.61. The van der Waals surface area contributed by atoms with Gasteiger partial charge in [-0.15, -0.1) is 0 Å². The zero-order valence-electron chi connectivity index (χ0n) is 13.3. The number of anilines is 1. The van der Waals surface area contributed by atoms with Gasteiger partial charge in [-0.25, -0.2) is 9.78 Å². The van der Waals surface area contributed by atoms with Crippen LogP contribution in [0.25, 0.3) is 0 Å². The van der Waals surface area contributed by atoms with E-state index in [4.69, 9.17) is 10.00 Å². The molecule has 118 valence electrons. The van der Waals surface area contributed by atoms with Gasteiger partial charge < -0.3 is 15.0 Å². The lowest BCUT2D eigenvalue weighted by Crippen LogP contribution is -2.36. The number of nitrogens with one attached hydrogen (secondary N) is 1. The van der Waals surface area contributed by atoms with Crippen LogP contribution in [0, 0.1) is 17.2 Å². The van der Waals surface area contributed by atoms with E-state index in [0.717, 1.165) is 25.3 Å². The lowest BCUT2D eigenvalue weighted by Gasteiger charge is -2.21. The maximum atomic E-state index is 11.7. The average molecular weight is 302 g/mol. The van der Waals surface area contributed by atoms with Gasteiger partial charge in [0.2, 0.25) is 0 Å². The molecule has 2 heterocycles. The van der Waals surface area contributed by atoms with Crippen molar-refractivity contribution in [3.05, 3.63) is 23.9 Å². The van der Waals surface area contributed by atoms with Crippen LogP contribution in [0.3, 0.4) is 0 Å². The minimum atomic E-state index is -0.479. The minimum Gasteiger partial charge on any atom is -0.444 e. The molecule has 1 aromatic heterocycles. The van der Waals surface area contributed by atoms with Gasteiger partial charge >= 0.3 is 6.09 Å². The molecule has 1 aliphatic rings. The van der Waals surface area contributed by atoms with Crippen LogP contribution < -0.4 is 10.2 Å². The van der Waals surface area contributed by atoms with Crippen LogP contribution in [-0.4, -0.2) is 36.3 Å². The molecule has 2 rings (SSSR count). The van der Waals surface area contributed by atoms with Crippen molar-refractivity contribution in [3.8, 4) is 6.07 Å². The van der Waals surface area contributed by atoms with Gasteiger partial charge in [0, 0.05) is 25.8 Å². The number of ether oxygens (including phenoxy) is 1. The minimum absolute atomic E-state index is 0.361. The average Bonchev–Trinajstić information content (AvgIpc) is 2.92. The second-order valence-corrected chi connectivity index (χ2v) is 6.50. The highest BCUT2D eigenvalue weighted by Crippen LogP contribution is 2.22. The highest BCUT2D eigenvalue weighted by Gasteiger charge is 2.25. The second kappa shape index (κ2) is 6.65. The topological polar surface area (TPSA) is 78.2 Å². The maximum Gasteiger partial charge on any atom is 0.407 e. The molecular weight excluding hydrogens is 280 g/mol. The van der Waals surface area contributed by atoms with E-state index < -0.39 is 5.60 Å². The van der Waals surface area contributed by atoms with Gasteiger partial charge in [-0.2, -0.15) is 5.26 Å². The molecule has 0 radical (unpaired) electrons. The summed E-state index contributed by atoms with van der Waals surface area (Å²) in [5.41, 5.74) is 0.133. The van der Waals surface area contributed by atoms with E-state index in [2.05, 4.69) is 21.3 Å². The van der Waals surface area contributed by atoms with E-state index in [9.17, 15) is 4.79 Å². The summed E-state index contributed by atoms with van der Waals surface area (Å²) in [5.74, 6) is 1.18. The van der Waals surface area contributed by atoms with Crippen LogP contribution in [0.15, 0.2) is 18.3 Å². The Bertz CT molecular complexity index is 574. The fourth-order valence-corrected chi connectivity index (χ4v) is 2.41. The Labute approximate surface area is 131 Å². The molecule has 0 saturated carbocycles. The number of hydrogen-bond acceptors (Lipinski definition) is 5. The summed E-state index contributed by atoms with van der Waals surface area (Å²) in [5, 5.41) is 11.8. The molecule has 0 aliphatic carbocycles. The molecule has 0 spiro atoms. The Hall–Kier alpha value is -2.29. The van der Waals surface area contributed by atoms with Gasteiger partial charge in [-0.1, -0.05) is 0 Å². The number of nitrogens with zero attached hydrogens (tertiary/aromatic N) is 3. The Balaban J connectivity index is 1.83. The number of aromatic nitrogens is 1. The second-order valence-electron chi connectivity index (χ2n) is 6.50. The van der Waals surface area contributed by atoms with Gasteiger partial charge in [-0.05, 0) is 45.2 Å². The molecule has 1 fully saturated rings. The Morgan fingerprint density at radius 2 is 2.36 bits per heavy atom. The Morgan fingerprint density at radius 3 is 3.05 bits per heavy atom. The number of carbonyl (C=O) groups is 1. The number of pyridine rings is 1. The van der Waals surface area contributed by atoms with Gasteiger partial charge in [0.05, 0.1) is 11.6 Å². The standard InChI is InChI=1S/C16H22N4O2/c1-16(2,3)22-15(21)19-10-13-5-7-20(11-13)14-8-12(9-17)4-6-18-14/h4,6,8,13H,5,7,10-11H2,1-3H3,(H,19,21)/t13-/m1/s1.